The van der Waals surface area contributed by atoms with E-state index in [4.69, 9.17) is 17.2 Å². The fourth-order valence-corrected chi connectivity index (χ4v) is 1.91. The van der Waals surface area contributed by atoms with Gasteiger partial charge in [-0.2, -0.15) is 9.97 Å². The summed E-state index contributed by atoms with van der Waals surface area (Å²) in [6, 6.07) is 7.46. The molecule has 1 aromatic carbocycles. The van der Waals surface area contributed by atoms with Gasteiger partial charge >= 0.3 is 0 Å². The molecule has 2 heterocycles. The van der Waals surface area contributed by atoms with E-state index in [9.17, 15) is 0 Å². The second kappa shape index (κ2) is 5.08. The van der Waals surface area contributed by atoms with E-state index < -0.39 is 0 Å². The number of nitrogens with zero attached hydrogens (tertiary/aromatic N) is 4. The largest absolute Gasteiger partial charge is 0.399 e. The highest BCUT2D eigenvalue weighted by Crippen LogP contribution is 2.16. The summed E-state index contributed by atoms with van der Waals surface area (Å²) in [7, 11) is 0. The van der Waals surface area contributed by atoms with Crippen LogP contribution in [0.15, 0.2) is 30.5 Å². The Labute approximate surface area is 120 Å². The third-order valence-corrected chi connectivity index (χ3v) is 2.86. The normalized spacial score (nSPS) is 10.7. The summed E-state index contributed by atoms with van der Waals surface area (Å²) < 4.78 is 0. The van der Waals surface area contributed by atoms with Crippen molar-refractivity contribution in [3.63, 3.8) is 0 Å². The molecule has 0 aliphatic rings. The van der Waals surface area contributed by atoms with Crippen LogP contribution < -0.4 is 22.5 Å². The smallest absolute Gasteiger partial charge is 0.224 e. The SMILES string of the molecule is Nc1cccc(NCc2cnc3nc(N)nc(N)c3n2)c1. The van der Waals surface area contributed by atoms with Crippen molar-refractivity contribution in [2.75, 3.05) is 22.5 Å². The maximum absolute atomic E-state index is 5.78. The number of rotatable bonds is 3. The molecule has 7 N–H and O–H groups in total. The number of nitrogen functional groups attached to an aromatic ring is 3. The second-order valence-electron chi connectivity index (χ2n) is 4.48. The van der Waals surface area contributed by atoms with Crippen molar-refractivity contribution in [3.05, 3.63) is 36.2 Å². The molecule has 8 heteroatoms. The van der Waals surface area contributed by atoms with E-state index in [1.54, 1.807) is 6.20 Å². The summed E-state index contributed by atoms with van der Waals surface area (Å²) in [4.78, 5) is 16.4. The lowest BCUT2D eigenvalue weighted by Crippen LogP contribution is -2.07. The molecule has 3 rings (SSSR count). The molecule has 0 aliphatic heterocycles. The van der Waals surface area contributed by atoms with E-state index in [0.717, 1.165) is 5.69 Å². The molecule has 0 atom stereocenters. The number of hydrogen-bond donors (Lipinski definition) is 4. The summed E-state index contributed by atoms with van der Waals surface area (Å²) in [5, 5.41) is 3.21. The molecule has 0 aliphatic carbocycles. The number of hydrogen-bond acceptors (Lipinski definition) is 8. The van der Waals surface area contributed by atoms with Crippen LogP contribution in [0.2, 0.25) is 0 Å². The maximum Gasteiger partial charge on any atom is 0.224 e. The molecule has 0 spiro atoms. The molecule has 8 nitrogen and oxygen atoms in total. The Morgan fingerprint density at radius 2 is 1.90 bits per heavy atom. The predicted molar refractivity (Wildman–Crippen MR) is 82.1 cm³/mol. The average molecular weight is 282 g/mol. The van der Waals surface area contributed by atoms with E-state index in [-0.39, 0.29) is 11.8 Å². The summed E-state index contributed by atoms with van der Waals surface area (Å²) in [6.07, 6.45) is 1.62. The van der Waals surface area contributed by atoms with Gasteiger partial charge in [0.1, 0.15) is 0 Å². The maximum atomic E-state index is 5.78. The van der Waals surface area contributed by atoms with Gasteiger partial charge in [0, 0.05) is 11.4 Å². The Morgan fingerprint density at radius 3 is 2.71 bits per heavy atom. The fourth-order valence-electron chi connectivity index (χ4n) is 1.91. The molecule has 0 fully saturated rings. The summed E-state index contributed by atoms with van der Waals surface area (Å²) in [6.45, 7) is 0.482. The number of fused-ring (bicyclic) bond motifs is 1. The fraction of sp³-hybridized carbons (Fsp3) is 0.0769. The lowest BCUT2D eigenvalue weighted by atomic mass is 10.3. The van der Waals surface area contributed by atoms with Crippen molar-refractivity contribution in [2.24, 2.45) is 0 Å². The number of nitrogens with one attached hydrogen (secondary N) is 1. The van der Waals surface area contributed by atoms with Crippen molar-refractivity contribution < 1.29 is 0 Å². The van der Waals surface area contributed by atoms with Crippen LogP contribution in [0.25, 0.3) is 11.2 Å². The highest BCUT2D eigenvalue weighted by atomic mass is 15.1. The molecule has 0 saturated carbocycles. The van der Waals surface area contributed by atoms with Gasteiger partial charge in [0.2, 0.25) is 5.95 Å². The topological polar surface area (TPSA) is 142 Å². The van der Waals surface area contributed by atoms with Crippen molar-refractivity contribution in [3.8, 4) is 0 Å². The van der Waals surface area contributed by atoms with E-state index in [1.807, 2.05) is 24.3 Å². The molecule has 0 radical (unpaired) electrons. The van der Waals surface area contributed by atoms with Gasteiger partial charge in [-0.1, -0.05) is 6.07 Å². The molecular formula is C13H14N8. The molecule has 0 unspecified atom stereocenters. The van der Waals surface area contributed by atoms with E-state index >= 15 is 0 Å². The first kappa shape index (κ1) is 12.9. The second-order valence-corrected chi connectivity index (χ2v) is 4.48. The molecule has 2 aromatic heterocycles. The van der Waals surface area contributed by atoms with Crippen LogP contribution in [0.4, 0.5) is 23.1 Å². The Balaban J connectivity index is 1.85. The van der Waals surface area contributed by atoms with Crippen LogP contribution in [0.1, 0.15) is 5.69 Å². The van der Waals surface area contributed by atoms with Crippen LogP contribution in [0.3, 0.4) is 0 Å². The number of benzene rings is 1. The Bertz CT molecular complexity index is 801. The number of anilines is 4. The molecule has 106 valence electrons. The predicted octanol–water partition coefficient (Wildman–Crippen LogP) is 0.778. The lowest BCUT2D eigenvalue weighted by Gasteiger charge is -2.07. The van der Waals surface area contributed by atoms with Gasteiger partial charge < -0.3 is 22.5 Å². The Kier molecular flexibility index (Phi) is 3.11. The van der Waals surface area contributed by atoms with Crippen LogP contribution in [0.5, 0.6) is 0 Å². The van der Waals surface area contributed by atoms with E-state index in [2.05, 4.69) is 25.3 Å². The van der Waals surface area contributed by atoms with Crippen LogP contribution in [-0.4, -0.2) is 19.9 Å². The zero-order valence-electron chi connectivity index (χ0n) is 11.1. The quantitative estimate of drug-likeness (QED) is 0.516. The minimum atomic E-state index is 0.0833. The third-order valence-electron chi connectivity index (χ3n) is 2.86. The standard InChI is InChI=1S/C13H14N8/c14-7-2-1-3-8(4-7)17-5-9-6-18-12-10(19-9)11(15)20-13(16)21-12/h1-4,6,17H,5,14H2,(H4,15,16,18,20,21). The Morgan fingerprint density at radius 1 is 1.05 bits per heavy atom. The first-order valence-corrected chi connectivity index (χ1v) is 6.26. The van der Waals surface area contributed by atoms with Crippen molar-refractivity contribution in [2.45, 2.75) is 6.54 Å². The third kappa shape index (κ3) is 2.73. The van der Waals surface area contributed by atoms with Crippen molar-refractivity contribution in [1.29, 1.82) is 0 Å². The van der Waals surface area contributed by atoms with Gasteiger partial charge in [-0.3, -0.25) is 0 Å². The van der Waals surface area contributed by atoms with Gasteiger partial charge in [-0.25, -0.2) is 9.97 Å². The van der Waals surface area contributed by atoms with Crippen LogP contribution in [0, 0.1) is 0 Å². The van der Waals surface area contributed by atoms with Gasteiger partial charge in [0.05, 0.1) is 18.4 Å². The zero-order valence-corrected chi connectivity index (χ0v) is 11.1. The van der Waals surface area contributed by atoms with Crippen molar-refractivity contribution >= 4 is 34.3 Å². The molecular weight excluding hydrogens is 268 g/mol. The lowest BCUT2D eigenvalue weighted by molar-refractivity contribution is 1.03. The van der Waals surface area contributed by atoms with Crippen LogP contribution >= 0.6 is 0 Å². The zero-order chi connectivity index (χ0) is 14.8. The summed E-state index contributed by atoms with van der Waals surface area (Å²) in [5.74, 6) is 0.302. The molecule has 3 aromatic rings. The molecule has 0 amide bonds. The number of nitrogens with two attached hydrogens (primary N) is 3. The minimum absolute atomic E-state index is 0.0833. The van der Waals surface area contributed by atoms with E-state index in [1.165, 1.54) is 0 Å². The van der Waals surface area contributed by atoms with Crippen molar-refractivity contribution in [1.82, 2.24) is 19.9 Å². The van der Waals surface area contributed by atoms with E-state index in [0.29, 0.717) is 29.1 Å². The monoisotopic (exact) mass is 282 g/mol. The van der Waals surface area contributed by atoms with Gasteiger partial charge in [-0.05, 0) is 18.2 Å². The average Bonchev–Trinajstić information content (AvgIpc) is 2.45. The number of aromatic nitrogens is 4. The Hall–Kier alpha value is -3.16. The summed E-state index contributed by atoms with van der Waals surface area (Å²) in [5.41, 5.74) is 20.2. The first-order chi connectivity index (χ1) is 10.1. The highest BCUT2D eigenvalue weighted by molar-refractivity contribution is 5.81. The minimum Gasteiger partial charge on any atom is -0.399 e. The van der Waals surface area contributed by atoms with Crippen LogP contribution in [-0.2, 0) is 6.54 Å². The first-order valence-electron chi connectivity index (χ1n) is 6.26. The molecule has 0 saturated heterocycles. The molecule has 0 bridgehead atoms. The molecule has 21 heavy (non-hydrogen) atoms. The van der Waals surface area contributed by atoms with Gasteiger partial charge in [0.15, 0.2) is 17.0 Å². The van der Waals surface area contributed by atoms with Gasteiger partial charge in [-0.15, -0.1) is 0 Å². The highest BCUT2D eigenvalue weighted by Gasteiger charge is 2.07. The summed E-state index contributed by atoms with van der Waals surface area (Å²) >= 11 is 0. The van der Waals surface area contributed by atoms with Gasteiger partial charge in [0.25, 0.3) is 0 Å².